The van der Waals surface area contributed by atoms with Crippen LogP contribution in [0.5, 0.6) is 0 Å². The Kier molecular flexibility index (Phi) is 3.65. The maximum Gasteiger partial charge on any atom is 0.221 e. The zero-order valence-corrected chi connectivity index (χ0v) is 11.8. The fourth-order valence-electron chi connectivity index (χ4n) is 1.86. The van der Waals surface area contributed by atoms with Crippen molar-refractivity contribution in [1.29, 1.82) is 0 Å². The number of hydrogen-bond donors (Lipinski definition) is 0. The largest absolute Gasteiger partial charge is 0.328 e. The Bertz CT molecular complexity index is 634. The monoisotopic (exact) mass is 254 g/mol. The number of allylic oxidation sites excluding steroid dienone is 1. The van der Waals surface area contributed by atoms with E-state index in [9.17, 15) is 4.79 Å². The van der Waals surface area contributed by atoms with Crippen molar-refractivity contribution in [1.82, 2.24) is 9.55 Å². The summed E-state index contributed by atoms with van der Waals surface area (Å²) in [6.45, 7) is 5.91. The van der Waals surface area contributed by atoms with Gasteiger partial charge in [-0.2, -0.15) is 0 Å². The van der Waals surface area contributed by atoms with Crippen LogP contribution in [0.4, 0.5) is 0 Å². The number of carbonyl (C=O) groups excluding carboxylic acids is 1. The number of ketones is 1. The van der Waals surface area contributed by atoms with Crippen LogP contribution in [0.2, 0.25) is 0 Å². The molecular formula is C16H18N2O. The van der Waals surface area contributed by atoms with Gasteiger partial charge in [0, 0.05) is 12.7 Å². The second-order valence-electron chi connectivity index (χ2n) is 4.77. The molecule has 1 heterocycles. The van der Waals surface area contributed by atoms with Crippen molar-refractivity contribution >= 4 is 11.9 Å². The number of hydrogen-bond acceptors (Lipinski definition) is 2. The summed E-state index contributed by atoms with van der Waals surface area (Å²) < 4.78 is 1.83. The van der Waals surface area contributed by atoms with E-state index in [0.29, 0.717) is 5.82 Å². The van der Waals surface area contributed by atoms with Crippen LogP contribution in [0.15, 0.2) is 30.3 Å². The highest BCUT2D eigenvalue weighted by molar-refractivity contribution is 6.04. The lowest BCUT2D eigenvalue weighted by molar-refractivity contribution is 0.103. The summed E-state index contributed by atoms with van der Waals surface area (Å²) in [5, 5.41) is 0. The van der Waals surface area contributed by atoms with Crippen molar-refractivity contribution in [2.45, 2.75) is 20.8 Å². The number of aromatic nitrogens is 2. The molecule has 1 aromatic carbocycles. The van der Waals surface area contributed by atoms with Gasteiger partial charge in [-0.3, -0.25) is 4.79 Å². The van der Waals surface area contributed by atoms with Crippen molar-refractivity contribution in [3.8, 4) is 0 Å². The fraction of sp³-hybridized carbons (Fsp3) is 0.250. The van der Waals surface area contributed by atoms with Crippen molar-refractivity contribution in [2.24, 2.45) is 7.05 Å². The Morgan fingerprint density at radius 1 is 1.16 bits per heavy atom. The smallest absolute Gasteiger partial charge is 0.221 e. The Balaban J connectivity index is 2.21. The summed E-state index contributed by atoms with van der Waals surface area (Å²) in [5.74, 6) is 0.414. The van der Waals surface area contributed by atoms with E-state index < -0.39 is 0 Å². The molecule has 0 amide bonds. The molecule has 98 valence electrons. The van der Waals surface area contributed by atoms with Crippen LogP contribution in [0, 0.1) is 20.8 Å². The van der Waals surface area contributed by atoms with E-state index >= 15 is 0 Å². The second-order valence-corrected chi connectivity index (χ2v) is 4.77. The van der Waals surface area contributed by atoms with Gasteiger partial charge in [0.15, 0.2) is 5.82 Å². The van der Waals surface area contributed by atoms with Gasteiger partial charge in [0.2, 0.25) is 5.78 Å². The molecule has 2 aromatic rings. The second kappa shape index (κ2) is 5.22. The molecule has 0 aliphatic carbocycles. The van der Waals surface area contributed by atoms with Gasteiger partial charge in [0.05, 0.1) is 5.69 Å². The van der Waals surface area contributed by atoms with Crippen LogP contribution in [0.3, 0.4) is 0 Å². The zero-order valence-electron chi connectivity index (χ0n) is 11.8. The third-order valence-corrected chi connectivity index (χ3v) is 3.34. The lowest BCUT2D eigenvalue weighted by Crippen LogP contribution is -2.05. The molecule has 0 radical (unpaired) electrons. The first-order valence-corrected chi connectivity index (χ1v) is 6.28. The summed E-state index contributed by atoms with van der Waals surface area (Å²) >= 11 is 0. The van der Waals surface area contributed by atoms with Crippen molar-refractivity contribution in [2.75, 3.05) is 0 Å². The maximum absolute atomic E-state index is 12.1. The number of benzene rings is 1. The summed E-state index contributed by atoms with van der Waals surface area (Å²) in [6.07, 6.45) is 3.40. The highest BCUT2D eigenvalue weighted by Crippen LogP contribution is 2.10. The normalized spacial score (nSPS) is 11.2. The average molecular weight is 254 g/mol. The van der Waals surface area contributed by atoms with Crippen molar-refractivity contribution in [3.05, 3.63) is 58.7 Å². The van der Waals surface area contributed by atoms with Gasteiger partial charge >= 0.3 is 0 Å². The molecule has 0 bridgehead atoms. The molecule has 0 spiro atoms. The van der Waals surface area contributed by atoms with Gasteiger partial charge in [-0.05, 0) is 32.4 Å². The Morgan fingerprint density at radius 3 is 2.32 bits per heavy atom. The van der Waals surface area contributed by atoms with E-state index in [2.05, 4.69) is 4.98 Å². The van der Waals surface area contributed by atoms with Crippen LogP contribution < -0.4 is 0 Å². The Morgan fingerprint density at radius 2 is 1.79 bits per heavy atom. The molecule has 0 atom stereocenters. The lowest BCUT2D eigenvalue weighted by Gasteiger charge is -1.99. The molecular weight excluding hydrogens is 236 g/mol. The molecule has 1 aromatic heterocycles. The third kappa shape index (κ3) is 2.81. The standard InChI is InChI=1S/C16H18N2O/c1-11-5-7-14(8-6-11)9-10-15(19)16-17-12(2)13(3)18(16)4/h5-10H,1-4H3/b10-9+. The lowest BCUT2D eigenvalue weighted by atomic mass is 10.1. The maximum atomic E-state index is 12.1. The SMILES string of the molecule is Cc1ccc(/C=C/C(=O)c2nc(C)c(C)n2C)cc1. The Hall–Kier alpha value is -2.16. The van der Waals surface area contributed by atoms with E-state index in [-0.39, 0.29) is 5.78 Å². The van der Waals surface area contributed by atoms with Gasteiger partial charge in [0.1, 0.15) is 0 Å². The summed E-state index contributed by atoms with van der Waals surface area (Å²) in [4.78, 5) is 16.4. The van der Waals surface area contributed by atoms with Gasteiger partial charge in [-0.25, -0.2) is 4.98 Å². The first-order chi connectivity index (χ1) is 8.99. The van der Waals surface area contributed by atoms with E-state index in [0.717, 1.165) is 17.0 Å². The van der Waals surface area contributed by atoms with Gasteiger partial charge in [0.25, 0.3) is 0 Å². The molecule has 0 saturated heterocycles. The summed E-state index contributed by atoms with van der Waals surface area (Å²) in [7, 11) is 1.86. The molecule has 0 saturated carbocycles. The number of aryl methyl sites for hydroxylation is 2. The highest BCUT2D eigenvalue weighted by atomic mass is 16.1. The first kappa shape index (κ1) is 13.3. The van der Waals surface area contributed by atoms with Crippen LogP contribution in [0.25, 0.3) is 6.08 Å². The fourth-order valence-corrected chi connectivity index (χ4v) is 1.86. The van der Waals surface area contributed by atoms with E-state index in [1.807, 2.05) is 62.7 Å². The first-order valence-electron chi connectivity index (χ1n) is 6.28. The number of rotatable bonds is 3. The minimum Gasteiger partial charge on any atom is -0.328 e. The van der Waals surface area contributed by atoms with Crippen LogP contribution in [-0.4, -0.2) is 15.3 Å². The molecule has 0 unspecified atom stereocenters. The minimum absolute atomic E-state index is 0.0701. The Labute approximate surface area is 113 Å². The van der Waals surface area contributed by atoms with E-state index in [1.54, 1.807) is 6.08 Å². The molecule has 2 rings (SSSR count). The predicted octanol–water partition coefficient (Wildman–Crippen LogP) is 3.24. The van der Waals surface area contributed by atoms with Gasteiger partial charge < -0.3 is 4.57 Å². The number of carbonyl (C=O) groups is 1. The number of imidazole rings is 1. The molecule has 3 nitrogen and oxygen atoms in total. The zero-order chi connectivity index (χ0) is 14.0. The highest BCUT2D eigenvalue weighted by Gasteiger charge is 2.12. The predicted molar refractivity (Wildman–Crippen MR) is 77.2 cm³/mol. The van der Waals surface area contributed by atoms with Crippen molar-refractivity contribution in [3.63, 3.8) is 0 Å². The van der Waals surface area contributed by atoms with Crippen LogP contribution >= 0.6 is 0 Å². The third-order valence-electron chi connectivity index (χ3n) is 3.34. The van der Waals surface area contributed by atoms with E-state index in [4.69, 9.17) is 0 Å². The molecule has 0 aliphatic rings. The van der Waals surface area contributed by atoms with Crippen molar-refractivity contribution < 1.29 is 4.79 Å². The van der Waals surface area contributed by atoms with Gasteiger partial charge in [-0.15, -0.1) is 0 Å². The molecule has 19 heavy (non-hydrogen) atoms. The van der Waals surface area contributed by atoms with Crippen LogP contribution in [-0.2, 0) is 7.05 Å². The topological polar surface area (TPSA) is 34.9 Å². The summed E-state index contributed by atoms with van der Waals surface area (Å²) in [5.41, 5.74) is 4.14. The minimum atomic E-state index is -0.0701. The molecule has 0 aliphatic heterocycles. The summed E-state index contributed by atoms with van der Waals surface area (Å²) in [6, 6.07) is 8.04. The molecule has 0 N–H and O–H groups in total. The molecule has 3 heteroatoms. The van der Waals surface area contributed by atoms with E-state index in [1.165, 1.54) is 5.56 Å². The average Bonchev–Trinajstić information content (AvgIpc) is 2.65. The molecule has 0 fully saturated rings. The number of nitrogens with zero attached hydrogens (tertiary/aromatic N) is 2. The quantitative estimate of drug-likeness (QED) is 0.622. The van der Waals surface area contributed by atoms with Crippen LogP contribution in [0.1, 0.15) is 33.1 Å². The van der Waals surface area contributed by atoms with Gasteiger partial charge in [-0.1, -0.05) is 35.9 Å².